The molecule has 0 atom stereocenters. The number of hydrogen-bond acceptors (Lipinski definition) is 3. The van der Waals surface area contributed by atoms with Crippen LogP contribution in [-0.4, -0.2) is 14.5 Å². The first-order valence-corrected chi connectivity index (χ1v) is 14.2. The Morgan fingerprint density at radius 2 is 1.30 bits per heavy atom. The predicted octanol–water partition coefficient (Wildman–Crippen LogP) is 9.91. The van der Waals surface area contributed by atoms with E-state index in [1.807, 2.05) is 29.8 Å². The minimum absolute atomic E-state index is 0.985. The van der Waals surface area contributed by atoms with Gasteiger partial charge in [0.2, 0.25) is 0 Å². The first kappa shape index (κ1) is 21.8. The smallest absolute Gasteiger partial charge is 0.0801 e. The summed E-state index contributed by atoms with van der Waals surface area (Å²) in [6.45, 7) is 0. The second-order valence-electron chi connectivity index (χ2n) is 10.2. The number of benzene rings is 5. The highest BCUT2D eigenvalue weighted by Gasteiger charge is 2.19. The Morgan fingerprint density at radius 3 is 2.17 bits per heavy atom. The van der Waals surface area contributed by atoms with Gasteiger partial charge >= 0.3 is 0 Å². The molecule has 0 aliphatic heterocycles. The van der Waals surface area contributed by atoms with Gasteiger partial charge in [-0.3, -0.25) is 9.97 Å². The molecule has 9 rings (SSSR count). The van der Waals surface area contributed by atoms with Crippen LogP contribution in [0, 0.1) is 0 Å². The van der Waals surface area contributed by atoms with Crippen LogP contribution < -0.4 is 0 Å². The van der Waals surface area contributed by atoms with Crippen LogP contribution in [0.3, 0.4) is 0 Å². The van der Waals surface area contributed by atoms with E-state index in [0.29, 0.717) is 0 Å². The Morgan fingerprint density at radius 1 is 0.550 bits per heavy atom. The molecule has 186 valence electrons. The van der Waals surface area contributed by atoms with Crippen molar-refractivity contribution in [2.75, 3.05) is 0 Å². The summed E-state index contributed by atoms with van der Waals surface area (Å²) < 4.78 is 4.95. The van der Waals surface area contributed by atoms with Crippen LogP contribution in [-0.2, 0) is 0 Å². The number of aromatic nitrogens is 3. The van der Waals surface area contributed by atoms with Crippen molar-refractivity contribution in [3.63, 3.8) is 0 Å². The highest BCUT2D eigenvalue weighted by Crippen LogP contribution is 2.42. The largest absolute Gasteiger partial charge is 0.307 e. The third-order valence-corrected chi connectivity index (χ3v) is 9.30. The number of nitrogens with zero attached hydrogens (tertiary/aromatic N) is 3. The zero-order valence-electron chi connectivity index (χ0n) is 21.4. The third kappa shape index (κ3) is 2.94. The van der Waals surface area contributed by atoms with E-state index in [1.165, 1.54) is 58.3 Å². The zero-order valence-corrected chi connectivity index (χ0v) is 22.2. The highest BCUT2D eigenvalue weighted by atomic mass is 32.1. The van der Waals surface area contributed by atoms with Crippen molar-refractivity contribution in [2.24, 2.45) is 0 Å². The first-order valence-electron chi connectivity index (χ1n) is 13.4. The molecule has 40 heavy (non-hydrogen) atoms. The van der Waals surface area contributed by atoms with Gasteiger partial charge in [-0.15, -0.1) is 11.3 Å². The summed E-state index contributed by atoms with van der Waals surface area (Å²) >= 11 is 1.84. The van der Waals surface area contributed by atoms with Gasteiger partial charge in [0, 0.05) is 53.5 Å². The van der Waals surface area contributed by atoms with Crippen molar-refractivity contribution in [3.8, 4) is 16.9 Å². The van der Waals surface area contributed by atoms with Gasteiger partial charge in [0.25, 0.3) is 0 Å². The van der Waals surface area contributed by atoms with E-state index in [2.05, 4.69) is 114 Å². The number of thiophene rings is 1. The Bertz CT molecular complexity index is 2430. The Kier molecular flexibility index (Phi) is 4.48. The van der Waals surface area contributed by atoms with Crippen molar-refractivity contribution in [1.82, 2.24) is 14.5 Å². The molecule has 0 fully saturated rings. The van der Waals surface area contributed by atoms with Gasteiger partial charge < -0.3 is 4.57 Å². The minimum atomic E-state index is 0.985. The number of para-hydroxylation sites is 1. The van der Waals surface area contributed by atoms with Crippen molar-refractivity contribution in [1.29, 1.82) is 0 Å². The molecule has 0 N–H and O–H groups in total. The second kappa shape index (κ2) is 8.22. The summed E-state index contributed by atoms with van der Waals surface area (Å²) in [4.78, 5) is 9.89. The van der Waals surface area contributed by atoms with E-state index in [9.17, 15) is 0 Å². The molecule has 9 aromatic rings. The first-order chi connectivity index (χ1) is 19.9. The summed E-state index contributed by atoms with van der Waals surface area (Å²) in [6.07, 6.45) is 3.91. The number of hydrogen-bond donors (Lipinski definition) is 0. The van der Waals surface area contributed by atoms with Crippen molar-refractivity contribution in [3.05, 3.63) is 128 Å². The fourth-order valence-electron chi connectivity index (χ4n) is 6.38. The summed E-state index contributed by atoms with van der Waals surface area (Å²) in [5.41, 5.74) is 6.56. The van der Waals surface area contributed by atoms with E-state index in [4.69, 9.17) is 9.97 Å². The number of rotatable bonds is 2. The van der Waals surface area contributed by atoms with Gasteiger partial charge in [-0.2, -0.15) is 0 Å². The maximum Gasteiger partial charge on any atom is 0.0801 e. The van der Waals surface area contributed by atoms with Crippen LogP contribution in [0.5, 0.6) is 0 Å². The third-order valence-electron chi connectivity index (χ3n) is 8.08. The topological polar surface area (TPSA) is 30.7 Å². The standard InChI is InChI=1S/C36H21N3S/c1-2-11-25-24(10-1)33-28-12-3-5-16-31(28)39(35(33)29-15-8-20-37-34(25)29)22-18-19-30(38-21-22)27-14-7-13-26-23-9-4-6-17-32(23)40-36(26)27/h1-21H. The molecular weight excluding hydrogens is 506 g/mol. The van der Waals surface area contributed by atoms with E-state index >= 15 is 0 Å². The number of pyridine rings is 2. The lowest BCUT2D eigenvalue weighted by atomic mass is 10.00. The van der Waals surface area contributed by atoms with Crippen LogP contribution in [0.4, 0.5) is 0 Å². The molecule has 0 unspecified atom stereocenters. The molecule has 0 aliphatic rings. The molecule has 4 heterocycles. The fraction of sp³-hybridized carbons (Fsp3) is 0. The minimum Gasteiger partial charge on any atom is -0.307 e. The number of fused-ring (bicyclic) bond motifs is 11. The molecule has 0 saturated heterocycles. The molecule has 4 aromatic heterocycles. The van der Waals surface area contributed by atoms with Gasteiger partial charge in [-0.05, 0) is 41.8 Å². The molecule has 0 spiro atoms. The molecule has 0 radical (unpaired) electrons. The van der Waals surface area contributed by atoms with Crippen LogP contribution >= 0.6 is 11.3 Å². The van der Waals surface area contributed by atoms with Crippen molar-refractivity contribution < 1.29 is 0 Å². The molecule has 3 nitrogen and oxygen atoms in total. The molecule has 5 aromatic carbocycles. The summed E-state index contributed by atoms with van der Waals surface area (Å²) in [5.74, 6) is 0. The Hall–Kier alpha value is -5.06. The lowest BCUT2D eigenvalue weighted by Crippen LogP contribution is -1.97. The van der Waals surface area contributed by atoms with Crippen molar-refractivity contribution >= 4 is 75.0 Å². The molecule has 0 bridgehead atoms. The molecule has 4 heteroatoms. The van der Waals surface area contributed by atoms with Gasteiger partial charge in [0.1, 0.15) is 0 Å². The van der Waals surface area contributed by atoms with E-state index in [-0.39, 0.29) is 0 Å². The molecule has 0 saturated carbocycles. The lowest BCUT2D eigenvalue weighted by molar-refractivity contribution is 1.15. The van der Waals surface area contributed by atoms with Gasteiger partial charge in [0.05, 0.1) is 34.1 Å². The fourth-order valence-corrected chi connectivity index (χ4v) is 7.61. The van der Waals surface area contributed by atoms with E-state index < -0.39 is 0 Å². The predicted molar refractivity (Wildman–Crippen MR) is 170 cm³/mol. The Balaban J connectivity index is 1.33. The maximum absolute atomic E-state index is 5.05. The van der Waals surface area contributed by atoms with Crippen LogP contribution in [0.25, 0.3) is 80.6 Å². The summed E-state index contributed by atoms with van der Waals surface area (Å²) in [6, 6.07) is 41.1. The molecule has 0 aliphatic carbocycles. The van der Waals surface area contributed by atoms with Gasteiger partial charge in [0.15, 0.2) is 0 Å². The highest BCUT2D eigenvalue weighted by molar-refractivity contribution is 7.26. The van der Waals surface area contributed by atoms with Crippen molar-refractivity contribution in [2.45, 2.75) is 0 Å². The summed E-state index contributed by atoms with van der Waals surface area (Å²) in [7, 11) is 0. The maximum atomic E-state index is 5.05. The van der Waals surface area contributed by atoms with Crippen LogP contribution in [0.1, 0.15) is 0 Å². The molecule has 0 amide bonds. The SMILES string of the molecule is c1ccc2c(c1)sc1c(-c3ccc(-n4c5ccccc5c5c6ccccc6c6ncccc6c54)cn3)cccc12. The second-order valence-corrected chi connectivity index (χ2v) is 11.3. The Labute approximate surface area is 233 Å². The average Bonchev–Trinajstić information content (AvgIpc) is 3.58. The van der Waals surface area contributed by atoms with E-state index in [0.717, 1.165) is 22.3 Å². The quantitative estimate of drug-likeness (QED) is 0.209. The van der Waals surface area contributed by atoms with Gasteiger partial charge in [-0.1, -0.05) is 78.9 Å². The van der Waals surface area contributed by atoms with Crippen LogP contribution in [0.15, 0.2) is 128 Å². The summed E-state index contributed by atoms with van der Waals surface area (Å²) in [5, 5.41) is 8.63. The van der Waals surface area contributed by atoms with Gasteiger partial charge in [-0.25, -0.2) is 0 Å². The average molecular weight is 528 g/mol. The lowest BCUT2D eigenvalue weighted by Gasteiger charge is -2.12. The monoisotopic (exact) mass is 527 g/mol. The van der Waals surface area contributed by atoms with E-state index in [1.54, 1.807) is 0 Å². The zero-order chi connectivity index (χ0) is 26.2. The molecular formula is C36H21N3S. The van der Waals surface area contributed by atoms with Crippen LogP contribution in [0.2, 0.25) is 0 Å². The normalized spacial score (nSPS) is 12.0.